The number of aliphatic hydroxyl groups is 1. The number of aromatic amines is 1. The van der Waals surface area contributed by atoms with E-state index < -0.39 is 6.29 Å². The van der Waals surface area contributed by atoms with Gasteiger partial charge in [0.2, 0.25) is 0 Å². The highest BCUT2D eigenvalue weighted by Crippen LogP contribution is 2.55. The quantitative estimate of drug-likeness (QED) is 0.114. The average molecular weight is 782 g/mol. The number of imidazole rings is 1. The molecule has 6 fully saturated rings. The summed E-state index contributed by atoms with van der Waals surface area (Å²) in [4.78, 5) is 31.7. The number of likely N-dealkylation sites (tertiary alicyclic amines) is 1. The maximum Gasteiger partial charge on any atom is 0.326 e. The van der Waals surface area contributed by atoms with E-state index in [1.54, 1.807) is 0 Å². The van der Waals surface area contributed by atoms with Crippen LogP contribution in [-0.2, 0) is 22.6 Å². The second kappa shape index (κ2) is 15.8. The molecule has 10 heteroatoms. The summed E-state index contributed by atoms with van der Waals surface area (Å²) in [5, 5.41) is 16.3. The SMILES string of the molecule is O=C(NCc1cccc(-c2cccc([C@@H]3O[C@H](CN4CCC(n5c(=O)[nH]c6ccccc65)CC4)C[C@H](c4ccc(CO)cc4)O3)c2)c1)NC12CC3CC(CC(C3)C1)C2. The topological polar surface area (TPSA) is 121 Å². The minimum Gasteiger partial charge on any atom is -0.392 e. The fourth-order valence-corrected chi connectivity index (χ4v) is 11.6. The average Bonchev–Trinajstić information content (AvgIpc) is 3.58. The number of carbonyl (C=O) groups is 1. The molecule has 10 nitrogen and oxygen atoms in total. The smallest absolute Gasteiger partial charge is 0.326 e. The van der Waals surface area contributed by atoms with Gasteiger partial charge in [-0.3, -0.25) is 4.57 Å². The molecule has 3 heterocycles. The van der Waals surface area contributed by atoms with E-state index in [4.69, 9.17) is 9.47 Å². The first-order valence-corrected chi connectivity index (χ1v) is 21.5. The summed E-state index contributed by atoms with van der Waals surface area (Å²) in [5.41, 5.74) is 7.88. The summed E-state index contributed by atoms with van der Waals surface area (Å²) in [5.74, 6) is 2.35. The van der Waals surface area contributed by atoms with Crippen LogP contribution >= 0.6 is 0 Å². The van der Waals surface area contributed by atoms with Crippen molar-refractivity contribution < 1.29 is 19.4 Å². The second-order valence-electron chi connectivity index (χ2n) is 18.0. The zero-order valence-electron chi connectivity index (χ0n) is 33.2. The minimum atomic E-state index is -0.568. The van der Waals surface area contributed by atoms with E-state index in [0.717, 1.165) is 114 Å². The molecule has 1 aromatic heterocycles. The van der Waals surface area contributed by atoms with E-state index in [9.17, 15) is 14.7 Å². The van der Waals surface area contributed by atoms with Crippen LogP contribution in [-0.4, -0.2) is 56.9 Å². The molecule has 4 N–H and O–H groups in total. The van der Waals surface area contributed by atoms with Gasteiger partial charge in [-0.1, -0.05) is 72.8 Å². The zero-order valence-corrected chi connectivity index (χ0v) is 33.2. The lowest BCUT2D eigenvalue weighted by Gasteiger charge is -2.56. The zero-order chi connectivity index (χ0) is 39.2. The summed E-state index contributed by atoms with van der Waals surface area (Å²) in [6, 6.07) is 32.9. The standard InChI is InChI=1S/C48H55N5O5/c54-30-31-11-13-36(14-12-31)44-24-41(29-52-17-15-40(16-18-52)53-43-10-2-1-9-42(43)50-47(53)56)57-45(58-44)39-8-4-7-38(23-39)37-6-3-5-32(22-37)28-49-46(55)51-48-25-33-19-34(26-48)21-35(20-33)27-48/h1-14,22-23,33-35,40-41,44-45,54H,15-21,24-30H2,(H,50,56)(H2,49,51,55)/t33?,34?,35?,41-,44+,45+,48?/m0/s1. The van der Waals surface area contributed by atoms with Gasteiger partial charge in [0.05, 0.1) is 29.8 Å². The molecule has 4 aliphatic carbocycles. The van der Waals surface area contributed by atoms with Crippen LogP contribution in [0.15, 0.2) is 102 Å². The number of ether oxygens (including phenoxy) is 2. The Morgan fingerprint density at radius 1 is 0.776 bits per heavy atom. The molecule has 0 radical (unpaired) electrons. The Bertz CT molecular complexity index is 2270. The number of H-pyrrole nitrogens is 1. The molecule has 2 saturated heterocycles. The van der Waals surface area contributed by atoms with Crippen molar-refractivity contribution in [1.29, 1.82) is 0 Å². The Balaban J connectivity index is 0.818. The minimum absolute atomic E-state index is 0.000115. The lowest BCUT2D eigenvalue weighted by atomic mass is 9.53. The highest BCUT2D eigenvalue weighted by Gasteiger charge is 2.51. The van der Waals surface area contributed by atoms with E-state index in [1.165, 1.54) is 19.3 Å². The van der Waals surface area contributed by atoms with Gasteiger partial charge in [0.15, 0.2) is 6.29 Å². The predicted molar refractivity (Wildman–Crippen MR) is 224 cm³/mol. The Kier molecular flexibility index (Phi) is 10.2. The molecule has 4 aromatic carbocycles. The molecule has 4 saturated carbocycles. The number of aromatic nitrogens is 2. The molecule has 4 bridgehead atoms. The Morgan fingerprint density at radius 2 is 1.48 bits per heavy atom. The van der Waals surface area contributed by atoms with Gasteiger partial charge < -0.3 is 35.1 Å². The fraction of sp³-hybridized carbons (Fsp3) is 0.458. The van der Waals surface area contributed by atoms with Crippen LogP contribution in [0.25, 0.3) is 22.2 Å². The molecule has 3 atom stereocenters. The number of hydrogen-bond donors (Lipinski definition) is 4. The van der Waals surface area contributed by atoms with Gasteiger partial charge in [0.25, 0.3) is 0 Å². The van der Waals surface area contributed by atoms with Crippen LogP contribution in [0, 0.1) is 17.8 Å². The van der Waals surface area contributed by atoms with Crippen molar-refractivity contribution in [3.63, 3.8) is 0 Å². The number of benzene rings is 4. The van der Waals surface area contributed by atoms with Crippen LogP contribution in [0.4, 0.5) is 4.79 Å². The number of piperidine rings is 1. The lowest BCUT2D eigenvalue weighted by molar-refractivity contribution is -0.253. The van der Waals surface area contributed by atoms with Crippen molar-refractivity contribution in [2.24, 2.45) is 17.8 Å². The van der Waals surface area contributed by atoms with E-state index in [2.05, 4.69) is 81.2 Å². The van der Waals surface area contributed by atoms with E-state index in [-0.39, 0.29) is 42.1 Å². The number of hydrogen-bond acceptors (Lipinski definition) is 6. The van der Waals surface area contributed by atoms with Crippen molar-refractivity contribution >= 4 is 17.1 Å². The third-order valence-electron chi connectivity index (χ3n) is 13.9. The lowest BCUT2D eigenvalue weighted by Crippen LogP contribution is -2.61. The van der Waals surface area contributed by atoms with Crippen LogP contribution < -0.4 is 16.3 Å². The summed E-state index contributed by atoms with van der Waals surface area (Å²) < 4.78 is 15.5. The largest absolute Gasteiger partial charge is 0.392 e. The molecule has 0 unspecified atom stereocenters. The molecular weight excluding hydrogens is 727 g/mol. The number of carbonyl (C=O) groups excluding carboxylic acids is 1. The summed E-state index contributed by atoms with van der Waals surface area (Å²) in [6.45, 7) is 2.99. The number of urea groups is 1. The van der Waals surface area contributed by atoms with E-state index >= 15 is 0 Å². The first-order valence-electron chi connectivity index (χ1n) is 21.5. The molecule has 6 aliphatic rings. The number of nitrogens with zero attached hydrogens (tertiary/aromatic N) is 2. The molecule has 0 spiro atoms. The third kappa shape index (κ3) is 7.75. The summed E-state index contributed by atoms with van der Waals surface area (Å²) >= 11 is 0. The molecule has 302 valence electrons. The van der Waals surface area contributed by atoms with Crippen molar-refractivity contribution in [1.82, 2.24) is 25.1 Å². The van der Waals surface area contributed by atoms with Gasteiger partial charge in [-0.25, -0.2) is 9.59 Å². The monoisotopic (exact) mass is 781 g/mol. The molecule has 2 amide bonds. The third-order valence-corrected chi connectivity index (χ3v) is 13.9. The van der Waals surface area contributed by atoms with Crippen LogP contribution in [0.3, 0.4) is 0 Å². The molecule has 58 heavy (non-hydrogen) atoms. The van der Waals surface area contributed by atoms with Crippen molar-refractivity contribution in [3.8, 4) is 11.1 Å². The molecular formula is C48H55N5O5. The van der Waals surface area contributed by atoms with Gasteiger partial charge >= 0.3 is 11.7 Å². The Labute approximate surface area is 339 Å². The number of rotatable bonds is 10. The first kappa shape index (κ1) is 37.5. The normalized spacial score (nSPS) is 28.5. The summed E-state index contributed by atoms with van der Waals surface area (Å²) in [6.07, 6.45) is 9.15. The van der Waals surface area contributed by atoms with Crippen molar-refractivity contribution in [2.75, 3.05) is 19.6 Å². The molecule has 2 aliphatic heterocycles. The van der Waals surface area contributed by atoms with Crippen LogP contribution in [0.2, 0.25) is 0 Å². The highest BCUT2D eigenvalue weighted by molar-refractivity contribution is 5.76. The van der Waals surface area contributed by atoms with E-state index in [0.29, 0.717) is 13.0 Å². The van der Waals surface area contributed by atoms with Gasteiger partial charge in [-0.05, 0) is 121 Å². The fourth-order valence-electron chi connectivity index (χ4n) is 11.6. The van der Waals surface area contributed by atoms with Crippen molar-refractivity contribution in [2.45, 2.75) is 101 Å². The first-order chi connectivity index (χ1) is 28.3. The Hall–Kier alpha value is -4.74. The number of fused-ring (bicyclic) bond motifs is 1. The molecule has 5 aromatic rings. The number of para-hydroxylation sites is 2. The highest BCUT2D eigenvalue weighted by atomic mass is 16.7. The maximum atomic E-state index is 13.2. The van der Waals surface area contributed by atoms with Crippen LogP contribution in [0.1, 0.15) is 98.5 Å². The Morgan fingerprint density at radius 3 is 2.22 bits per heavy atom. The van der Waals surface area contributed by atoms with Gasteiger partial charge in [0, 0.05) is 49.7 Å². The molecule has 11 rings (SSSR count). The number of aliphatic hydroxyl groups excluding tert-OH is 1. The van der Waals surface area contributed by atoms with Crippen LogP contribution in [0.5, 0.6) is 0 Å². The van der Waals surface area contributed by atoms with Gasteiger partial charge in [-0.15, -0.1) is 0 Å². The van der Waals surface area contributed by atoms with Gasteiger partial charge in [0.1, 0.15) is 0 Å². The maximum absolute atomic E-state index is 13.2. The number of nitrogens with one attached hydrogen (secondary N) is 3. The van der Waals surface area contributed by atoms with Crippen molar-refractivity contribution in [3.05, 3.63) is 130 Å². The predicted octanol–water partition coefficient (Wildman–Crippen LogP) is 8.14. The second-order valence-corrected chi connectivity index (χ2v) is 18.0. The van der Waals surface area contributed by atoms with E-state index in [1.807, 2.05) is 41.0 Å². The van der Waals surface area contributed by atoms with Gasteiger partial charge in [-0.2, -0.15) is 0 Å². The number of amides is 2. The summed E-state index contributed by atoms with van der Waals surface area (Å²) in [7, 11) is 0.